The van der Waals surface area contributed by atoms with Gasteiger partial charge in [0.05, 0.1) is 20.8 Å². The summed E-state index contributed by atoms with van der Waals surface area (Å²) in [7, 11) is 7.59. The van der Waals surface area contributed by atoms with Gasteiger partial charge < -0.3 is 18.9 Å². The molecule has 1 saturated heterocycles. The van der Waals surface area contributed by atoms with Gasteiger partial charge in [-0.1, -0.05) is 0 Å². The second-order valence-electron chi connectivity index (χ2n) is 6.33. The summed E-state index contributed by atoms with van der Waals surface area (Å²) in [5.41, 5.74) is 1.15. The van der Waals surface area contributed by atoms with Crippen molar-refractivity contribution in [2.45, 2.75) is 19.0 Å². The Hall–Kier alpha value is -2.21. The van der Waals surface area contributed by atoms with Crippen LogP contribution in [0.1, 0.15) is 12.2 Å². The molecular formula is C18H26N4O2. The number of hydrogen-bond acceptors (Lipinski definition) is 5. The molecule has 1 aliphatic heterocycles. The molecule has 1 atom stereocenters. The van der Waals surface area contributed by atoms with E-state index in [9.17, 15) is 0 Å². The Balaban J connectivity index is 1.67. The third-order valence-electron chi connectivity index (χ3n) is 4.80. The highest BCUT2D eigenvalue weighted by atomic mass is 16.5. The number of benzene rings is 1. The maximum absolute atomic E-state index is 5.39. The summed E-state index contributed by atoms with van der Waals surface area (Å²) in [4.78, 5) is 9.21. The zero-order valence-corrected chi connectivity index (χ0v) is 14.9. The van der Waals surface area contributed by atoms with Crippen molar-refractivity contribution < 1.29 is 9.47 Å². The van der Waals surface area contributed by atoms with E-state index in [0.717, 1.165) is 49.1 Å². The fourth-order valence-corrected chi connectivity index (χ4v) is 3.21. The lowest BCUT2D eigenvalue weighted by Gasteiger charge is -2.25. The molecule has 130 valence electrons. The number of anilines is 1. The first-order chi connectivity index (χ1) is 11.6. The molecule has 24 heavy (non-hydrogen) atoms. The third-order valence-corrected chi connectivity index (χ3v) is 4.80. The summed E-state index contributed by atoms with van der Waals surface area (Å²) in [6.07, 6.45) is 4.99. The van der Waals surface area contributed by atoms with Crippen molar-refractivity contribution in [2.24, 2.45) is 7.05 Å². The largest absolute Gasteiger partial charge is 0.497 e. The number of ether oxygens (including phenoxy) is 2. The van der Waals surface area contributed by atoms with E-state index in [1.807, 2.05) is 25.5 Å². The summed E-state index contributed by atoms with van der Waals surface area (Å²) < 4.78 is 12.9. The van der Waals surface area contributed by atoms with Crippen molar-refractivity contribution in [1.82, 2.24) is 14.5 Å². The van der Waals surface area contributed by atoms with E-state index in [1.165, 1.54) is 0 Å². The lowest BCUT2D eigenvalue weighted by Crippen LogP contribution is -2.34. The normalized spacial score (nSPS) is 17.5. The van der Waals surface area contributed by atoms with Gasteiger partial charge in [-0.25, -0.2) is 4.98 Å². The zero-order chi connectivity index (χ0) is 17.1. The molecule has 0 radical (unpaired) electrons. The van der Waals surface area contributed by atoms with Gasteiger partial charge in [-0.2, -0.15) is 0 Å². The van der Waals surface area contributed by atoms with Crippen LogP contribution in [0.2, 0.25) is 0 Å². The number of rotatable bonds is 6. The van der Waals surface area contributed by atoms with Gasteiger partial charge >= 0.3 is 0 Å². The van der Waals surface area contributed by atoms with Crippen LogP contribution in [0.4, 0.5) is 5.69 Å². The Morgan fingerprint density at radius 3 is 2.50 bits per heavy atom. The summed E-state index contributed by atoms with van der Waals surface area (Å²) in [6, 6.07) is 6.57. The van der Waals surface area contributed by atoms with Crippen molar-refractivity contribution in [3.8, 4) is 11.5 Å². The Labute approximate surface area is 143 Å². The molecule has 0 bridgehead atoms. The average Bonchev–Trinajstić information content (AvgIpc) is 3.24. The number of likely N-dealkylation sites (N-methyl/N-ethyl adjacent to an activating group) is 1. The number of imidazole rings is 1. The van der Waals surface area contributed by atoms with Crippen LogP contribution >= 0.6 is 0 Å². The number of hydrogen-bond donors (Lipinski definition) is 0. The van der Waals surface area contributed by atoms with E-state index < -0.39 is 0 Å². The van der Waals surface area contributed by atoms with Crippen LogP contribution in [0.5, 0.6) is 11.5 Å². The maximum atomic E-state index is 5.39. The van der Waals surface area contributed by atoms with Gasteiger partial charge in [-0.15, -0.1) is 0 Å². The number of aryl methyl sites for hydroxylation is 1. The van der Waals surface area contributed by atoms with Gasteiger partial charge in [0.15, 0.2) is 0 Å². The van der Waals surface area contributed by atoms with Gasteiger partial charge in [0.2, 0.25) is 0 Å². The van der Waals surface area contributed by atoms with Gasteiger partial charge in [0.1, 0.15) is 17.3 Å². The standard InChI is InChI=1S/C18H26N4O2/c1-20-8-6-19-18(20)13-21(2)14-5-7-22(12-14)15-9-16(23-3)11-17(10-15)24-4/h6,8-11,14H,5,7,12-13H2,1-4H3/t14-/m0/s1. The first kappa shape index (κ1) is 16.6. The Morgan fingerprint density at radius 1 is 1.21 bits per heavy atom. The third kappa shape index (κ3) is 3.48. The van der Waals surface area contributed by atoms with E-state index in [2.05, 4.69) is 38.5 Å². The Morgan fingerprint density at radius 2 is 1.92 bits per heavy atom. The van der Waals surface area contributed by atoms with E-state index in [1.54, 1.807) is 14.2 Å². The van der Waals surface area contributed by atoms with Crippen LogP contribution in [0.3, 0.4) is 0 Å². The molecule has 0 spiro atoms. The summed E-state index contributed by atoms with van der Waals surface area (Å²) in [5.74, 6) is 2.75. The van der Waals surface area contributed by atoms with Crippen LogP contribution in [-0.2, 0) is 13.6 Å². The Bertz CT molecular complexity index is 663. The number of nitrogens with zero attached hydrogens (tertiary/aromatic N) is 4. The lowest BCUT2D eigenvalue weighted by atomic mass is 10.2. The van der Waals surface area contributed by atoms with Crippen LogP contribution in [0.25, 0.3) is 0 Å². The highest BCUT2D eigenvalue weighted by Gasteiger charge is 2.27. The highest BCUT2D eigenvalue weighted by Crippen LogP contribution is 2.31. The minimum Gasteiger partial charge on any atom is -0.497 e. The molecule has 2 aromatic rings. The zero-order valence-electron chi connectivity index (χ0n) is 14.9. The molecule has 0 amide bonds. The molecule has 3 rings (SSSR count). The van der Waals surface area contributed by atoms with E-state index in [4.69, 9.17) is 9.47 Å². The predicted octanol–water partition coefficient (Wildman–Crippen LogP) is 2.15. The van der Waals surface area contributed by atoms with E-state index in [0.29, 0.717) is 6.04 Å². The smallest absolute Gasteiger partial charge is 0.124 e. The molecule has 1 fully saturated rings. The van der Waals surface area contributed by atoms with Gasteiger partial charge in [-0.3, -0.25) is 4.90 Å². The minimum absolute atomic E-state index is 0.513. The summed E-state index contributed by atoms with van der Waals surface area (Å²) in [5, 5.41) is 0. The molecule has 1 aromatic heterocycles. The predicted molar refractivity (Wildman–Crippen MR) is 94.8 cm³/mol. The fraction of sp³-hybridized carbons (Fsp3) is 0.500. The average molecular weight is 330 g/mol. The second-order valence-corrected chi connectivity index (χ2v) is 6.33. The monoisotopic (exact) mass is 330 g/mol. The van der Waals surface area contributed by atoms with Crippen LogP contribution in [-0.4, -0.2) is 54.8 Å². The molecule has 2 heterocycles. The highest BCUT2D eigenvalue weighted by molar-refractivity contribution is 5.56. The van der Waals surface area contributed by atoms with Gasteiger partial charge in [0.25, 0.3) is 0 Å². The van der Waals surface area contributed by atoms with Gasteiger partial charge in [0, 0.05) is 62.5 Å². The van der Waals surface area contributed by atoms with Crippen molar-refractivity contribution in [2.75, 3.05) is 39.3 Å². The van der Waals surface area contributed by atoms with Crippen LogP contribution in [0.15, 0.2) is 30.6 Å². The Kier molecular flexibility index (Phi) is 4.94. The second kappa shape index (κ2) is 7.13. The van der Waals surface area contributed by atoms with E-state index in [-0.39, 0.29) is 0 Å². The molecule has 6 nitrogen and oxygen atoms in total. The minimum atomic E-state index is 0.513. The lowest BCUT2D eigenvalue weighted by molar-refractivity contribution is 0.242. The number of methoxy groups -OCH3 is 2. The van der Waals surface area contributed by atoms with Crippen molar-refractivity contribution in [1.29, 1.82) is 0 Å². The molecule has 1 aromatic carbocycles. The first-order valence-electron chi connectivity index (χ1n) is 8.25. The molecular weight excluding hydrogens is 304 g/mol. The van der Waals surface area contributed by atoms with Crippen molar-refractivity contribution in [3.05, 3.63) is 36.4 Å². The topological polar surface area (TPSA) is 42.8 Å². The maximum Gasteiger partial charge on any atom is 0.124 e. The van der Waals surface area contributed by atoms with Crippen LogP contribution in [0, 0.1) is 0 Å². The summed E-state index contributed by atoms with van der Waals surface area (Å²) >= 11 is 0. The van der Waals surface area contributed by atoms with Crippen LogP contribution < -0.4 is 14.4 Å². The SMILES string of the molecule is COc1cc(OC)cc(N2CC[C@H](N(C)Cc3nccn3C)C2)c1. The molecule has 1 aliphatic rings. The molecule has 6 heteroatoms. The molecule has 0 N–H and O–H groups in total. The molecule has 0 unspecified atom stereocenters. The number of aromatic nitrogens is 2. The first-order valence-corrected chi connectivity index (χ1v) is 8.25. The fourth-order valence-electron chi connectivity index (χ4n) is 3.21. The van der Waals surface area contributed by atoms with E-state index >= 15 is 0 Å². The summed E-state index contributed by atoms with van der Waals surface area (Å²) in [6.45, 7) is 2.90. The quantitative estimate of drug-likeness (QED) is 0.812. The molecule has 0 saturated carbocycles. The van der Waals surface area contributed by atoms with Gasteiger partial charge in [-0.05, 0) is 13.5 Å². The van der Waals surface area contributed by atoms with Crippen molar-refractivity contribution in [3.63, 3.8) is 0 Å². The molecule has 0 aliphatic carbocycles. The van der Waals surface area contributed by atoms with Crippen molar-refractivity contribution >= 4 is 5.69 Å².